The Hall–Kier alpha value is -1.56. The van der Waals surface area contributed by atoms with Crippen molar-refractivity contribution in [3.8, 4) is 0 Å². The molecular formula is C21H24. The van der Waals surface area contributed by atoms with Gasteiger partial charge in [-0.05, 0) is 35.1 Å². The first-order valence-electron chi connectivity index (χ1n) is 8.36. The molecule has 0 heteroatoms. The maximum Gasteiger partial charge on any atom is 0.0209 e. The second kappa shape index (κ2) is 4.47. The molecule has 0 unspecified atom stereocenters. The molecule has 0 heterocycles. The van der Waals surface area contributed by atoms with E-state index in [1.54, 1.807) is 22.3 Å². The Bertz CT molecular complexity index is 620. The summed E-state index contributed by atoms with van der Waals surface area (Å²) in [5.41, 5.74) is 6.70. The molecule has 0 amide bonds. The van der Waals surface area contributed by atoms with E-state index in [0.717, 1.165) is 0 Å². The summed E-state index contributed by atoms with van der Waals surface area (Å²) >= 11 is 0. The van der Waals surface area contributed by atoms with Crippen molar-refractivity contribution in [2.45, 2.75) is 56.8 Å². The highest BCUT2D eigenvalue weighted by atomic mass is 14.5. The Kier molecular flexibility index (Phi) is 2.79. The van der Waals surface area contributed by atoms with Crippen molar-refractivity contribution in [3.63, 3.8) is 0 Å². The molecular weight excluding hydrogens is 252 g/mol. The lowest BCUT2D eigenvalue weighted by atomic mass is 9.54. The summed E-state index contributed by atoms with van der Waals surface area (Å²) in [5, 5.41) is 0. The third-order valence-electron chi connectivity index (χ3n) is 5.94. The monoisotopic (exact) mass is 276 g/mol. The van der Waals surface area contributed by atoms with E-state index in [9.17, 15) is 0 Å². The fourth-order valence-corrected chi connectivity index (χ4v) is 4.88. The van der Waals surface area contributed by atoms with Gasteiger partial charge in [-0.3, -0.25) is 0 Å². The van der Waals surface area contributed by atoms with Gasteiger partial charge in [-0.15, -0.1) is 0 Å². The summed E-state index contributed by atoms with van der Waals surface area (Å²) in [5.74, 6) is 0. The molecule has 0 atom stereocenters. The van der Waals surface area contributed by atoms with Crippen LogP contribution in [0.1, 0.15) is 68.2 Å². The lowest BCUT2D eigenvalue weighted by Crippen LogP contribution is -2.41. The Morgan fingerprint density at radius 1 is 0.619 bits per heavy atom. The summed E-state index contributed by atoms with van der Waals surface area (Å²) in [6.45, 7) is 4.78. The van der Waals surface area contributed by atoms with Crippen molar-refractivity contribution in [1.29, 1.82) is 0 Å². The lowest BCUT2D eigenvalue weighted by molar-refractivity contribution is 0.326. The van der Waals surface area contributed by atoms with E-state index in [1.807, 2.05) is 0 Å². The van der Waals surface area contributed by atoms with Crippen molar-refractivity contribution in [2.24, 2.45) is 0 Å². The highest BCUT2D eigenvalue weighted by Gasteiger charge is 2.46. The first-order valence-corrected chi connectivity index (χ1v) is 8.36. The predicted octanol–water partition coefficient (Wildman–Crippen LogP) is 5.58. The Balaban J connectivity index is 2.06. The second-order valence-electron chi connectivity index (χ2n) is 7.36. The lowest BCUT2D eigenvalue weighted by Gasteiger charge is -2.49. The fraction of sp³-hybridized carbons (Fsp3) is 0.429. The van der Waals surface area contributed by atoms with Crippen LogP contribution in [0.15, 0.2) is 48.5 Å². The van der Waals surface area contributed by atoms with Gasteiger partial charge in [0.25, 0.3) is 0 Å². The van der Waals surface area contributed by atoms with Crippen LogP contribution in [0.2, 0.25) is 0 Å². The summed E-state index contributed by atoms with van der Waals surface area (Å²) in [6, 6.07) is 18.4. The van der Waals surface area contributed by atoms with Gasteiger partial charge in [0.05, 0.1) is 0 Å². The Labute approximate surface area is 128 Å². The molecule has 0 N–H and O–H groups in total. The van der Waals surface area contributed by atoms with E-state index in [-0.39, 0.29) is 10.8 Å². The molecule has 2 aliphatic rings. The molecule has 2 aliphatic carbocycles. The standard InChI is InChI=1S/C21H24/c1-20(2)16-10-4-6-12-18(16)21(14-8-3-9-15-21)19-13-7-5-11-17(19)20/h4-7,10-13H,3,8-9,14-15H2,1-2H3. The zero-order chi connectivity index (χ0) is 14.5. The van der Waals surface area contributed by atoms with E-state index in [1.165, 1.54) is 32.1 Å². The van der Waals surface area contributed by atoms with Crippen LogP contribution in [0.3, 0.4) is 0 Å². The molecule has 108 valence electrons. The van der Waals surface area contributed by atoms with Crippen LogP contribution in [0.25, 0.3) is 0 Å². The fourth-order valence-electron chi connectivity index (χ4n) is 4.88. The maximum absolute atomic E-state index is 2.40. The first-order chi connectivity index (χ1) is 10.2. The molecule has 0 bridgehead atoms. The summed E-state index contributed by atoms with van der Waals surface area (Å²) < 4.78 is 0. The van der Waals surface area contributed by atoms with Gasteiger partial charge in [0, 0.05) is 10.8 Å². The number of hydrogen-bond donors (Lipinski definition) is 0. The first kappa shape index (κ1) is 13.1. The van der Waals surface area contributed by atoms with Gasteiger partial charge in [0.1, 0.15) is 0 Å². The smallest absolute Gasteiger partial charge is 0.0209 e. The third kappa shape index (κ3) is 1.68. The van der Waals surface area contributed by atoms with Crippen molar-refractivity contribution < 1.29 is 0 Å². The van der Waals surface area contributed by atoms with Crippen LogP contribution in [0, 0.1) is 0 Å². The molecule has 0 aliphatic heterocycles. The van der Waals surface area contributed by atoms with Crippen LogP contribution in [0.4, 0.5) is 0 Å². The van der Waals surface area contributed by atoms with Gasteiger partial charge in [-0.25, -0.2) is 0 Å². The van der Waals surface area contributed by atoms with Crippen LogP contribution >= 0.6 is 0 Å². The van der Waals surface area contributed by atoms with Crippen molar-refractivity contribution in [2.75, 3.05) is 0 Å². The van der Waals surface area contributed by atoms with Gasteiger partial charge >= 0.3 is 0 Å². The summed E-state index contributed by atoms with van der Waals surface area (Å²) in [6.07, 6.45) is 6.76. The van der Waals surface area contributed by atoms with E-state index in [2.05, 4.69) is 62.4 Å². The summed E-state index contributed by atoms with van der Waals surface area (Å²) in [7, 11) is 0. The van der Waals surface area contributed by atoms with Crippen LogP contribution in [-0.2, 0) is 10.8 Å². The van der Waals surface area contributed by atoms with Gasteiger partial charge < -0.3 is 0 Å². The quantitative estimate of drug-likeness (QED) is 0.589. The molecule has 2 aromatic carbocycles. The predicted molar refractivity (Wildman–Crippen MR) is 88.9 cm³/mol. The molecule has 21 heavy (non-hydrogen) atoms. The van der Waals surface area contributed by atoms with Crippen molar-refractivity contribution in [3.05, 3.63) is 70.8 Å². The van der Waals surface area contributed by atoms with E-state index in [4.69, 9.17) is 0 Å². The van der Waals surface area contributed by atoms with Gasteiger partial charge in [0.15, 0.2) is 0 Å². The highest BCUT2D eigenvalue weighted by molar-refractivity contribution is 5.59. The average molecular weight is 276 g/mol. The maximum atomic E-state index is 2.40. The topological polar surface area (TPSA) is 0 Å². The molecule has 2 aromatic rings. The highest BCUT2D eigenvalue weighted by Crippen LogP contribution is 2.55. The normalized spacial score (nSPS) is 21.6. The zero-order valence-corrected chi connectivity index (χ0v) is 13.2. The largest absolute Gasteiger partial charge is 0.0619 e. The second-order valence-corrected chi connectivity index (χ2v) is 7.36. The molecule has 0 nitrogen and oxygen atoms in total. The van der Waals surface area contributed by atoms with Crippen molar-refractivity contribution >= 4 is 0 Å². The Morgan fingerprint density at radius 2 is 1.05 bits per heavy atom. The Morgan fingerprint density at radius 3 is 1.52 bits per heavy atom. The zero-order valence-electron chi connectivity index (χ0n) is 13.2. The van der Waals surface area contributed by atoms with E-state index >= 15 is 0 Å². The van der Waals surface area contributed by atoms with Crippen molar-refractivity contribution in [1.82, 2.24) is 0 Å². The van der Waals surface area contributed by atoms with E-state index in [0.29, 0.717) is 0 Å². The number of hydrogen-bond acceptors (Lipinski definition) is 0. The number of rotatable bonds is 0. The minimum Gasteiger partial charge on any atom is -0.0619 e. The molecule has 1 spiro atoms. The SMILES string of the molecule is CC1(C)c2ccccc2C2(CCCCC2)c2ccccc21. The van der Waals surface area contributed by atoms with Crippen LogP contribution < -0.4 is 0 Å². The molecule has 4 rings (SSSR count). The molecule has 1 saturated carbocycles. The van der Waals surface area contributed by atoms with E-state index < -0.39 is 0 Å². The van der Waals surface area contributed by atoms with Gasteiger partial charge in [0.2, 0.25) is 0 Å². The van der Waals surface area contributed by atoms with Crippen LogP contribution in [0.5, 0.6) is 0 Å². The average Bonchev–Trinajstić information content (AvgIpc) is 2.55. The molecule has 1 fully saturated rings. The third-order valence-corrected chi connectivity index (χ3v) is 5.94. The van der Waals surface area contributed by atoms with Gasteiger partial charge in [-0.1, -0.05) is 81.6 Å². The minimum atomic E-state index is 0.121. The molecule has 0 radical (unpaired) electrons. The number of benzene rings is 2. The minimum absolute atomic E-state index is 0.121. The molecule has 0 saturated heterocycles. The van der Waals surface area contributed by atoms with Crippen LogP contribution in [-0.4, -0.2) is 0 Å². The molecule has 0 aromatic heterocycles. The summed E-state index contributed by atoms with van der Waals surface area (Å²) in [4.78, 5) is 0. The van der Waals surface area contributed by atoms with Gasteiger partial charge in [-0.2, -0.15) is 0 Å². The number of fused-ring (bicyclic) bond motifs is 4.